The molecule has 0 aromatic carbocycles. The molecule has 0 spiro atoms. The van der Waals surface area contributed by atoms with Crippen molar-refractivity contribution in [1.29, 1.82) is 0 Å². The Balaban J connectivity index is 1.96. The summed E-state index contributed by atoms with van der Waals surface area (Å²) in [5, 5.41) is 12.5. The van der Waals surface area contributed by atoms with Crippen LogP contribution < -0.4 is 5.32 Å². The molecule has 10 heavy (non-hydrogen) atoms. The minimum absolute atomic E-state index is 0.409. The van der Waals surface area contributed by atoms with Gasteiger partial charge in [0.15, 0.2) is 0 Å². The number of hydrogen-bond acceptors (Lipinski definition) is 2. The van der Waals surface area contributed by atoms with Gasteiger partial charge >= 0.3 is 0 Å². The molecule has 2 heteroatoms. The summed E-state index contributed by atoms with van der Waals surface area (Å²) in [6, 6.07) is 0. The number of aliphatic hydroxyl groups is 1. The van der Waals surface area contributed by atoms with E-state index in [9.17, 15) is 5.11 Å². The molecular weight excluding hydrogens is 126 g/mol. The van der Waals surface area contributed by atoms with Gasteiger partial charge in [0, 0.05) is 5.92 Å². The summed E-state index contributed by atoms with van der Waals surface area (Å²) >= 11 is 0. The molecule has 1 saturated carbocycles. The SMILES string of the molecule is C#CC(O)C1C2CNCC21. The molecule has 1 heterocycles. The highest BCUT2D eigenvalue weighted by Gasteiger charge is 2.55. The Labute approximate surface area is 60.6 Å². The normalized spacial score (nSPS) is 45.8. The largest absolute Gasteiger partial charge is 0.380 e. The second-order valence-corrected chi connectivity index (χ2v) is 3.17. The van der Waals surface area contributed by atoms with Crippen molar-refractivity contribution in [1.82, 2.24) is 5.32 Å². The lowest BCUT2D eigenvalue weighted by Gasteiger charge is -2.04. The van der Waals surface area contributed by atoms with Gasteiger partial charge in [-0.2, -0.15) is 0 Å². The summed E-state index contributed by atoms with van der Waals surface area (Å²) in [5.74, 6) is 4.14. The van der Waals surface area contributed by atoms with E-state index in [1.165, 1.54) is 0 Å². The molecule has 0 aromatic rings. The fourth-order valence-corrected chi connectivity index (χ4v) is 2.05. The molecule has 1 aliphatic heterocycles. The Morgan fingerprint density at radius 2 is 2.10 bits per heavy atom. The highest BCUT2D eigenvalue weighted by Crippen LogP contribution is 2.50. The van der Waals surface area contributed by atoms with E-state index in [4.69, 9.17) is 6.42 Å². The summed E-state index contributed by atoms with van der Waals surface area (Å²) in [6.07, 6.45) is 4.61. The summed E-state index contributed by atoms with van der Waals surface area (Å²) in [5.41, 5.74) is 0. The van der Waals surface area contributed by atoms with E-state index in [0.717, 1.165) is 13.1 Å². The molecule has 0 amide bonds. The smallest absolute Gasteiger partial charge is 0.117 e. The fraction of sp³-hybridized carbons (Fsp3) is 0.750. The third-order valence-corrected chi connectivity index (χ3v) is 2.69. The van der Waals surface area contributed by atoms with Crippen molar-refractivity contribution in [3.05, 3.63) is 0 Å². The van der Waals surface area contributed by atoms with E-state index in [-0.39, 0.29) is 0 Å². The maximum absolute atomic E-state index is 9.24. The molecule has 0 bridgehead atoms. The van der Waals surface area contributed by atoms with Gasteiger partial charge in [0.25, 0.3) is 0 Å². The van der Waals surface area contributed by atoms with Crippen LogP contribution in [-0.2, 0) is 0 Å². The maximum Gasteiger partial charge on any atom is 0.117 e. The average molecular weight is 137 g/mol. The minimum atomic E-state index is -0.489. The van der Waals surface area contributed by atoms with Crippen LogP contribution in [0.25, 0.3) is 0 Å². The predicted octanol–water partition coefficient (Wildman–Crippen LogP) is -0.554. The van der Waals surface area contributed by atoms with Gasteiger partial charge in [-0.05, 0) is 24.9 Å². The third kappa shape index (κ3) is 0.681. The van der Waals surface area contributed by atoms with E-state index in [1.54, 1.807) is 0 Å². The number of piperidine rings is 1. The predicted molar refractivity (Wildman–Crippen MR) is 38.2 cm³/mol. The highest BCUT2D eigenvalue weighted by molar-refractivity contribution is 5.13. The van der Waals surface area contributed by atoms with Gasteiger partial charge in [0.2, 0.25) is 0 Å². The van der Waals surface area contributed by atoms with Crippen molar-refractivity contribution in [3.63, 3.8) is 0 Å². The molecule has 3 unspecified atom stereocenters. The maximum atomic E-state index is 9.24. The first kappa shape index (κ1) is 6.21. The third-order valence-electron chi connectivity index (χ3n) is 2.69. The summed E-state index contributed by atoms with van der Waals surface area (Å²) in [4.78, 5) is 0. The number of nitrogens with one attached hydrogen (secondary N) is 1. The lowest BCUT2D eigenvalue weighted by molar-refractivity contribution is 0.192. The van der Waals surface area contributed by atoms with E-state index in [0.29, 0.717) is 17.8 Å². The Morgan fingerprint density at radius 1 is 1.50 bits per heavy atom. The lowest BCUT2D eigenvalue weighted by atomic mass is 10.2. The first-order valence-electron chi connectivity index (χ1n) is 3.69. The number of terminal acetylenes is 1. The second kappa shape index (κ2) is 1.98. The van der Waals surface area contributed by atoms with Crippen LogP contribution in [0.2, 0.25) is 0 Å². The molecule has 3 atom stereocenters. The van der Waals surface area contributed by atoms with E-state index in [1.807, 2.05) is 0 Å². The van der Waals surface area contributed by atoms with Crippen LogP contribution in [-0.4, -0.2) is 24.3 Å². The molecule has 2 N–H and O–H groups in total. The number of fused-ring (bicyclic) bond motifs is 1. The highest BCUT2D eigenvalue weighted by atomic mass is 16.3. The Kier molecular flexibility index (Phi) is 1.23. The van der Waals surface area contributed by atoms with E-state index >= 15 is 0 Å². The molecule has 2 aliphatic rings. The van der Waals surface area contributed by atoms with Gasteiger partial charge in [-0.1, -0.05) is 5.92 Å². The van der Waals surface area contributed by atoms with Gasteiger partial charge in [0.05, 0.1) is 0 Å². The Bertz CT molecular complexity index is 174. The summed E-state index contributed by atoms with van der Waals surface area (Å²) < 4.78 is 0. The van der Waals surface area contributed by atoms with Crippen LogP contribution in [0.4, 0.5) is 0 Å². The van der Waals surface area contributed by atoms with Crippen LogP contribution >= 0.6 is 0 Å². The molecule has 0 aromatic heterocycles. The topological polar surface area (TPSA) is 32.3 Å². The quantitative estimate of drug-likeness (QED) is 0.475. The van der Waals surface area contributed by atoms with Gasteiger partial charge in [-0.3, -0.25) is 0 Å². The lowest BCUT2D eigenvalue weighted by Crippen LogP contribution is -2.20. The van der Waals surface area contributed by atoms with Gasteiger partial charge < -0.3 is 10.4 Å². The van der Waals surface area contributed by atoms with Crippen molar-refractivity contribution >= 4 is 0 Å². The van der Waals surface area contributed by atoms with Crippen molar-refractivity contribution in [2.45, 2.75) is 6.10 Å². The van der Waals surface area contributed by atoms with Crippen molar-refractivity contribution in [3.8, 4) is 12.3 Å². The Hall–Kier alpha value is -0.520. The number of aliphatic hydroxyl groups excluding tert-OH is 1. The zero-order chi connectivity index (χ0) is 7.14. The zero-order valence-electron chi connectivity index (χ0n) is 5.75. The van der Waals surface area contributed by atoms with Gasteiger partial charge in [-0.15, -0.1) is 6.42 Å². The van der Waals surface area contributed by atoms with Crippen LogP contribution in [0.1, 0.15) is 0 Å². The van der Waals surface area contributed by atoms with Crippen LogP contribution in [0.15, 0.2) is 0 Å². The van der Waals surface area contributed by atoms with E-state index in [2.05, 4.69) is 11.2 Å². The molecule has 0 radical (unpaired) electrons. The molecule has 2 fully saturated rings. The van der Waals surface area contributed by atoms with Crippen molar-refractivity contribution < 1.29 is 5.11 Å². The zero-order valence-corrected chi connectivity index (χ0v) is 5.75. The average Bonchev–Trinajstić information content (AvgIpc) is 2.43. The van der Waals surface area contributed by atoms with E-state index < -0.39 is 6.10 Å². The fourth-order valence-electron chi connectivity index (χ4n) is 2.05. The molecule has 1 saturated heterocycles. The standard InChI is InChI=1S/C8H11NO/c1-2-7(10)8-5-3-9-4-6(5)8/h1,5-10H,3-4H2. The Morgan fingerprint density at radius 3 is 2.60 bits per heavy atom. The first-order chi connectivity index (χ1) is 4.84. The van der Waals surface area contributed by atoms with Crippen LogP contribution in [0.5, 0.6) is 0 Å². The van der Waals surface area contributed by atoms with Gasteiger partial charge in [0.1, 0.15) is 6.10 Å². The summed E-state index contributed by atoms with van der Waals surface area (Å²) in [7, 11) is 0. The first-order valence-corrected chi connectivity index (χ1v) is 3.69. The number of rotatable bonds is 1. The molecule has 2 rings (SSSR count). The number of hydrogen-bond donors (Lipinski definition) is 2. The molecule has 1 aliphatic carbocycles. The van der Waals surface area contributed by atoms with Crippen LogP contribution in [0, 0.1) is 30.1 Å². The van der Waals surface area contributed by atoms with Crippen molar-refractivity contribution in [2.24, 2.45) is 17.8 Å². The molecule has 2 nitrogen and oxygen atoms in total. The monoisotopic (exact) mass is 137 g/mol. The summed E-state index contributed by atoms with van der Waals surface area (Å²) in [6.45, 7) is 2.10. The van der Waals surface area contributed by atoms with Gasteiger partial charge in [-0.25, -0.2) is 0 Å². The van der Waals surface area contributed by atoms with Crippen molar-refractivity contribution in [2.75, 3.05) is 13.1 Å². The minimum Gasteiger partial charge on any atom is -0.380 e. The second-order valence-electron chi connectivity index (χ2n) is 3.17. The van der Waals surface area contributed by atoms with Crippen LogP contribution in [0.3, 0.4) is 0 Å². The molecule has 54 valence electrons. The molecular formula is C8H11NO.